The van der Waals surface area contributed by atoms with Crippen molar-refractivity contribution in [2.45, 2.75) is 13.0 Å². The molecular weight excluding hydrogens is 248 g/mol. The lowest BCUT2D eigenvalue weighted by atomic mass is 10.1. The van der Waals surface area contributed by atoms with Gasteiger partial charge in [-0.15, -0.1) is 0 Å². The van der Waals surface area contributed by atoms with Gasteiger partial charge in [0.15, 0.2) is 0 Å². The molecule has 1 unspecified atom stereocenters. The van der Waals surface area contributed by atoms with Crippen molar-refractivity contribution in [3.05, 3.63) is 28.8 Å². The monoisotopic (exact) mass is 268 g/mol. The van der Waals surface area contributed by atoms with Crippen LogP contribution in [0.4, 0.5) is 5.69 Å². The van der Waals surface area contributed by atoms with Crippen LogP contribution in [0.1, 0.15) is 12.0 Å². The molecule has 3 nitrogen and oxygen atoms in total. The quantitative estimate of drug-likeness (QED) is 0.907. The van der Waals surface area contributed by atoms with Gasteiger partial charge in [-0.05, 0) is 44.1 Å². The van der Waals surface area contributed by atoms with E-state index < -0.39 is 0 Å². The highest BCUT2D eigenvalue weighted by Crippen LogP contribution is 2.25. The van der Waals surface area contributed by atoms with Gasteiger partial charge >= 0.3 is 0 Å². The fourth-order valence-electron chi connectivity index (χ4n) is 2.71. The van der Waals surface area contributed by atoms with E-state index in [9.17, 15) is 5.11 Å². The molecule has 100 valence electrons. The summed E-state index contributed by atoms with van der Waals surface area (Å²) >= 11 is 5.95. The first-order valence-electron chi connectivity index (χ1n) is 6.39. The Bertz CT molecular complexity index is 411. The predicted octanol–water partition coefficient (Wildman–Crippen LogP) is 2.22. The van der Waals surface area contributed by atoms with Crippen molar-refractivity contribution in [3.63, 3.8) is 0 Å². The number of benzene rings is 1. The van der Waals surface area contributed by atoms with E-state index in [1.807, 2.05) is 18.2 Å². The average molecular weight is 269 g/mol. The molecule has 1 atom stereocenters. The van der Waals surface area contributed by atoms with E-state index in [2.05, 4.69) is 23.9 Å². The molecule has 0 amide bonds. The van der Waals surface area contributed by atoms with E-state index in [0.29, 0.717) is 10.9 Å². The van der Waals surface area contributed by atoms with Crippen LogP contribution in [-0.2, 0) is 6.61 Å². The van der Waals surface area contributed by atoms with Gasteiger partial charge in [-0.1, -0.05) is 11.6 Å². The van der Waals surface area contributed by atoms with Crippen LogP contribution in [0.3, 0.4) is 0 Å². The molecule has 0 aromatic heterocycles. The van der Waals surface area contributed by atoms with Crippen molar-refractivity contribution in [2.24, 2.45) is 5.92 Å². The number of hydrogen-bond donors (Lipinski definition) is 1. The molecule has 0 saturated carbocycles. The van der Waals surface area contributed by atoms with Crippen LogP contribution in [0.25, 0.3) is 0 Å². The van der Waals surface area contributed by atoms with Crippen molar-refractivity contribution < 1.29 is 5.11 Å². The second-order valence-electron chi connectivity index (χ2n) is 5.23. The van der Waals surface area contributed by atoms with Gasteiger partial charge in [0.1, 0.15) is 0 Å². The molecule has 1 N–H and O–H groups in total. The van der Waals surface area contributed by atoms with Crippen molar-refractivity contribution in [1.29, 1.82) is 0 Å². The molecule has 1 aliphatic rings. The smallest absolute Gasteiger partial charge is 0.0702 e. The van der Waals surface area contributed by atoms with Crippen LogP contribution in [0.2, 0.25) is 5.02 Å². The number of aliphatic hydroxyl groups is 1. The van der Waals surface area contributed by atoms with Gasteiger partial charge in [-0.25, -0.2) is 0 Å². The summed E-state index contributed by atoms with van der Waals surface area (Å²) in [7, 11) is 4.25. The molecule has 1 fully saturated rings. The molecule has 1 aromatic rings. The standard InChI is InChI=1S/C14H21ClN2O/c1-16-6-5-11(8-16)9-17(2)14-4-3-13(15)7-12(14)10-18/h3-4,7,11,18H,5-6,8-10H2,1-2H3. The molecule has 1 aliphatic heterocycles. The van der Waals surface area contributed by atoms with Crippen molar-refractivity contribution in [1.82, 2.24) is 4.90 Å². The molecule has 0 radical (unpaired) electrons. The van der Waals surface area contributed by atoms with E-state index in [1.165, 1.54) is 13.0 Å². The summed E-state index contributed by atoms with van der Waals surface area (Å²) in [4.78, 5) is 4.60. The summed E-state index contributed by atoms with van der Waals surface area (Å²) in [6, 6.07) is 5.72. The zero-order valence-corrected chi connectivity index (χ0v) is 11.8. The first kappa shape index (κ1) is 13.7. The van der Waals surface area contributed by atoms with Crippen molar-refractivity contribution >= 4 is 17.3 Å². The molecule has 1 heterocycles. The summed E-state index contributed by atoms with van der Waals surface area (Å²) in [5.74, 6) is 0.710. The first-order valence-corrected chi connectivity index (χ1v) is 6.77. The van der Waals surface area contributed by atoms with Crippen LogP contribution in [-0.4, -0.2) is 43.7 Å². The van der Waals surface area contributed by atoms with Gasteiger partial charge in [-0.3, -0.25) is 0 Å². The zero-order chi connectivity index (χ0) is 13.1. The lowest BCUT2D eigenvalue weighted by Crippen LogP contribution is -2.27. The minimum absolute atomic E-state index is 0.0325. The maximum Gasteiger partial charge on any atom is 0.0702 e. The highest BCUT2D eigenvalue weighted by atomic mass is 35.5. The second-order valence-corrected chi connectivity index (χ2v) is 5.67. The normalized spacial score (nSPS) is 20.3. The number of nitrogens with zero attached hydrogens (tertiary/aromatic N) is 2. The highest BCUT2D eigenvalue weighted by Gasteiger charge is 2.21. The molecule has 0 aliphatic carbocycles. The Balaban J connectivity index is 2.06. The lowest BCUT2D eigenvalue weighted by Gasteiger charge is -2.25. The summed E-state index contributed by atoms with van der Waals surface area (Å²) in [6.07, 6.45) is 1.25. The fraction of sp³-hybridized carbons (Fsp3) is 0.571. The van der Waals surface area contributed by atoms with Crippen molar-refractivity contribution in [2.75, 3.05) is 38.6 Å². The minimum atomic E-state index is 0.0325. The van der Waals surface area contributed by atoms with E-state index in [0.717, 1.165) is 24.3 Å². The number of aliphatic hydroxyl groups excluding tert-OH is 1. The topological polar surface area (TPSA) is 26.7 Å². The minimum Gasteiger partial charge on any atom is -0.392 e. The van der Waals surface area contributed by atoms with Crippen LogP contribution in [0.5, 0.6) is 0 Å². The van der Waals surface area contributed by atoms with E-state index in [1.54, 1.807) is 0 Å². The third kappa shape index (κ3) is 3.16. The van der Waals surface area contributed by atoms with Gasteiger partial charge in [0.2, 0.25) is 0 Å². The lowest BCUT2D eigenvalue weighted by molar-refractivity contribution is 0.282. The third-order valence-corrected chi connectivity index (χ3v) is 3.88. The first-order chi connectivity index (χ1) is 8.60. The zero-order valence-electron chi connectivity index (χ0n) is 11.1. The van der Waals surface area contributed by atoms with E-state index in [4.69, 9.17) is 11.6 Å². The van der Waals surface area contributed by atoms with Crippen LogP contribution >= 0.6 is 11.6 Å². The van der Waals surface area contributed by atoms with Crippen LogP contribution < -0.4 is 4.90 Å². The van der Waals surface area contributed by atoms with Gasteiger partial charge < -0.3 is 14.9 Å². The molecule has 4 heteroatoms. The summed E-state index contributed by atoms with van der Waals surface area (Å²) in [6.45, 7) is 3.40. The highest BCUT2D eigenvalue weighted by molar-refractivity contribution is 6.30. The number of likely N-dealkylation sites (tertiary alicyclic amines) is 1. The second kappa shape index (κ2) is 5.91. The SMILES string of the molecule is CN1CCC(CN(C)c2ccc(Cl)cc2CO)C1. The number of rotatable bonds is 4. The van der Waals surface area contributed by atoms with Crippen LogP contribution in [0, 0.1) is 5.92 Å². The molecular formula is C14H21ClN2O. The molecule has 1 aromatic carbocycles. The molecule has 2 rings (SSSR count). The molecule has 0 spiro atoms. The maximum atomic E-state index is 9.40. The summed E-state index contributed by atoms with van der Waals surface area (Å²) < 4.78 is 0. The molecule has 1 saturated heterocycles. The number of halogens is 1. The predicted molar refractivity (Wildman–Crippen MR) is 76.2 cm³/mol. The Morgan fingerprint density at radius 1 is 1.50 bits per heavy atom. The Morgan fingerprint density at radius 3 is 2.89 bits per heavy atom. The van der Waals surface area contributed by atoms with Gasteiger partial charge in [-0.2, -0.15) is 0 Å². The van der Waals surface area contributed by atoms with Gasteiger partial charge in [0.05, 0.1) is 6.61 Å². The summed E-state index contributed by atoms with van der Waals surface area (Å²) in [5, 5.41) is 10.1. The van der Waals surface area contributed by atoms with E-state index >= 15 is 0 Å². The Morgan fingerprint density at radius 2 is 2.28 bits per heavy atom. The van der Waals surface area contributed by atoms with Gasteiger partial charge in [0.25, 0.3) is 0 Å². The largest absolute Gasteiger partial charge is 0.392 e. The third-order valence-electron chi connectivity index (χ3n) is 3.64. The Hall–Kier alpha value is -0.770. The molecule has 18 heavy (non-hydrogen) atoms. The maximum absolute atomic E-state index is 9.40. The van der Waals surface area contributed by atoms with Crippen LogP contribution in [0.15, 0.2) is 18.2 Å². The van der Waals surface area contributed by atoms with Gasteiger partial charge in [0, 0.05) is 36.4 Å². The van der Waals surface area contributed by atoms with E-state index in [-0.39, 0.29) is 6.61 Å². The number of anilines is 1. The Kier molecular flexibility index (Phi) is 4.49. The average Bonchev–Trinajstić information content (AvgIpc) is 2.74. The van der Waals surface area contributed by atoms with Crippen molar-refractivity contribution in [3.8, 4) is 0 Å². The molecule has 0 bridgehead atoms. The Labute approximate surface area is 114 Å². The fourth-order valence-corrected chi connectivity index (χ4v) is 2.91. The summed E-state index contributed by atoms with van der Waals surface area (Å²) in [5.41, 5.74) is 1.98. The number of hydrogen-bond acceptors (Lipinski definition) is 3.